The molecule has 0 saturated carbocycles. The van der Waals surface area contributed by atoms with E-state index in [-0.39, 0.29) is 17.0 Å². The van der Waals surface area contributed by atoms with E-state index in [0.717, 1.165) is 37.1 Å². The van der Waals surface area contributed by atoms with Crippen LogP contribution in [-0.4, -0.2) is 31.2 Å². The number of para-hydroxylation sites is 1. The van der Waals surface area contributed by atoms with Crippen LogP contribution >= 0.6 is 0 Å². The van der Waals surface area contributed by atoms with E-state index >= 15 is 0 Å². The smallest absolute Gasteiger partial charge is 0.337 e. The maximum atomic E-state index is 13.0. The van der Waals surface area contributed by atoms with Gasteiger partial charge >= 0.3 is 5.97 Å². The molecular weight excluding hydrogens is 392 g/mol. The number of benzene rings is 2. The van der Waals surface area contributed by atoms with Crippen LogP contribution in [0.4, 0.5) is 11.6 Å². The molecule has 1 aromatic heterocycles. The highest BCUT2D eigenvalue weighted by Gasteiger charge is 2.23. The number of carboxylic acids is 1. The molecule has 0 amide bonds. The standard InChI is InChI=1S/C25H28N2O4/c1-16-13-19(17(2)26(3)21-10-6-5-9-18(21)25(29)30)24-20(14-16)22(28)15-23(31-24)27-11-7-4-8-12-27/h5-6,9-10,13-15,17H,4,7-8,11-12H2,1-3H3,(H,29,30). The average Bonchev–Trinajstić information content (AvgIpc) is 2.78. The second kappa shape index (κ2) is 8.46. The summed E-state index contributed by atoms with van der Waals surface area (Å²) in [5.41, 5.74) is 3.22. The van der Waals surface area contributed by atoms with Crippen molar-refractivity contribution < 1.29 is 14.3 Å². The minimum absolute atomic E-state index is 0.0486. The van der Waals surface area contributed by atoms with Gasteiger partial charge in [-0.1, -0.05) is 18.2 Å². The summed E-state index contributed by atoms with van der Waals surface area (Å²) in [7, 11) is 1.87. The zero-order valence-electron chi connectivity index (χ0n) is 18.2. The van der Waals surface area contributed by atoms with Crippen LogP contribution in [0.2, 0.25) is 0 Å². The van der Waals surface area contributed by atoms with E-state index < -0.39 is 5.97 Å². The highest BCUT2D eigenvalue weighted by Crippen LogP contribution is 2.34. The van der Waals surface area contributed by atoms with Gasteiger partial charge < -0.3 is 19.3 Å². The topological polar surface area (TPSA) is 74.0 Å². The number of aromatic carboxylic acids is 1. The molecular formula is C25H28N2O4. The van der Waals surface area contributed by atoms with Gasteiger partial charge in [-0.05, 0) is 56.9 Å². The van der Waals surface area contributed by atoms with Crippen LogP contribution < -0.4 is 15.2 Å². The van der Waals surface area contributed by atoms with Gasteiger partial charge in [-0.3, -0.25) is 4.79 Å². The van der Waals surface area contributed by atoms with Gasteiger partial charge in [0.2, 0.25) is 0 Å². The first-order valence-electron chi connectivity index (χ1n) is 10.8. The number of carboxylic acid groups (broad SMARTS) is 1. The minimum Gasteiger partial charge on any atom is -0.478 e. The highest BCUT2D eigenvalue weighted by atomic mass is 16.4. The number of anilines is 2. The Balaban J connectivity index is 1.83. The molecule has 6 nitrogen and oxygen atoms in total. The van der Waals surface area contributed by atoms with Crippen LogP contribution in [0.15, 0.2) is 51.7 Å². The lowest BCUT2D eigenvalue weighted by Gasteiger charge is -2.30. The quantitative estimate of drug-likeness (QED) is 0.627. The Morgan fingerprint density at radius 2 is 1.84 bits per heavy atom. The van der Waals surface area contributed by atoms with Crippen molar-refractivity contribution in [1.29, 1.82) is 0 Å². The Morgan fingerprint density at radius 3 is 2.55 bits per heavy atom. The first kappa shape index (κ1) is 21.0. The van der Waals surface area contributed by atoms with Crippen molar-refractivity contribution in [2.24, 2.45) is 0 Å². The fourth-order valence-corrected chi connectivity index (χ4v) is 4.38. The highest BCUT2D eigenvalue weighted by molar-refractivity contribution is 5.94. The van der Waals surface area contributed by atoms with Gasteiger partial charge in [-0.15, -0.1) is 0 Å². The molecule has 2 heterocycles. The van der Waals surface area contributed by atoms with Gasteiger partial charge in [-0.2, -0.15) is 0 Å². The molecule has 0 spiro atoms. The molecule has 1 aliphatic heterocycles. The summed E-state index contributed by atoms with van der Waals surface area (Å²) >= 11 is 0. The maximum absolute atomic E-state index is 13.0. The lowest BCUT2D eigenvalue weighted by molar-refractivity contribution is 0.0697. The van der Waals surface area contributed by atoms with Crippen LogP contribution in [0.3, 0.4) is 0 Å². The SMILES string of the molecule is Cc1cc(C(C)N(C)c2ccccc2C(=O)O)c2oc(N3CCCCC3)cc(=O)c2c1. The predicted molar refractivity (Wildman–Crippen MR) is 124 cm³/mol. The van der Waals surface area contributed by atoms with Crippen LogP contribution in [-0.2, 0) is 0 Å². The largest absolute Gasteiger partial charge is 0.478 e. The number of carbonyl (C=O) groups is 1. The molecule has 1 saturated heterocycles. The minimum atomic E-state index is -0.970. The lowest BCUT2D eigenvalue weighted by atomic mass is 9.99. The molecule has 162 valence electrons. The molecule has 0 radical (unpaired) electrons. The predicted octanol–water partition coefficient (Wildman–Crippen LogP) is 4.99. The summed E-state index contributed by atoms with van der Waals surface area (Å²) in [4.78, 5) is 28.8. The van der Waals surface area contributed by atoms with Crippen molar-refractivity contribution >= 4 is 28.5 Å². The van der Waals surface area contributed by atoms with Crippen LogP contribution in [0.5, 0.6) is 0 Å². The van der Waals surface area contributed by atoms with Crippen molar-refractivity contribution in [3.8, 4) is 0 Å². The van der Waals surface area contributed by atoms with Gasteiger partial charge in [0.1, 0.15) is 5.58 Å². The summed E-state index contributed by atoms with van der Waals surface area (Å²) in [5.74, 6) is -0.356. The fourth-order valence-electron chi connectivity index (χ4n) is 4.38. The fraction of sp³-hybridized carbons (Fsp3) is 0.360. The molecule has 0 aliphatic carbocycles. The van der Waals surface area contributed by atoms with Crippen molar-refractivity contribution in [1.82, 2.24) is 0 Å². The summed E-state index contributed by atoms with van der Waals surface area (Å²) in [6.45, 7) is 5.73. The summed E-state index contributed by atoms with van der Waals surface area (Å²) in [5, 5.41) is 10.2. The number of aryl methyl sites for hydroxylation is 1. The number of piperidine rings is 1. The molecule has 1 aliphatic rings. The number of nitrogens with zero attached hydrogens (tertiary/aromatic N) is 2. The zero-order valence-corrected chi connectivity index (χ0v) is 18.2. The van der Waals surface area contributed by atoms with Gasteiger partial charge in [0.25, 0.3) is 0 Å². The Kier molecular flexibility index (Phi) is 5.72. The second-order valence-electron chi connectivity index (χ2n) is 8.34. The van der Waals surface area contributed by atoms with E-state index in [2.05, 4.69) is 4.90 Å². The molecule has 1 fully saturated rings. The van der Waals surface area contributed by atoms with Crippen molar-refractivity contribution in [3.05, 3.63) is 69.4 Å². The molecule has 3 aromatic rings. The first-order chi connectivity index (χ1) is 14.9. The van der Waals surface area contributed by atoms with Crippen molar-refractivity contribution in [2.45, 2.75) is 39.2 Å². The summed E-state index contributed by atoms with van der Waals surface area (Å²) < 4.78 is 6.34. The second-order valence-corrected chi connectivity index (χ2v) is 8.34. The molecule has 1 N–H and O–H groups in total. The first-order valence-corrected chi connectivity index (χ1v) is 10.8. The monoisotopic (exact) mass is 420 g/mol. The Morgan fingerprint density at radius 1 is 1.13 bits per heavy atom. The van der Waals surface area contributed by atoms with Gasteiger partial charge in [0.05, 0.1) is 22.7 Å². The van der Waals surface area contributed by atoms with E-state index in [4.69, 9.17) is 4.42 Å². The van der Waals surface area contributed by atoms with E-state index in [1.54, 1.807) is 24.3 Å². The third-order valence-electron chi connectivity index (χ3n) is 6.20. The Bertz CT molecular complexity index is 1180. The zero-order chi connectivity index (χ0) is 22.1. The average molecular weight is 421 g/mol. The van der Waals surface area contributed by atoms with Crippen LogP contribution in [0, 0.1) is 6.92 Å². The van der Waals surface area contributed by atoms with E-state index in [0.29, 0.717) is 22.5 Å². The van der Waals surface area contributed by atoms with E-state index in [1.165, 1.54) is 6.42 Å². The number of hydrogen-bond donors (Lipinski definition) is 1. The molecule has 6 heteroatoms. The Hall–Kier alpha value is -3.28. The van der Waals surface area contributed by atoms with Gasteiger partial charge in [-0.25, -0.2) is 4.79 Å². The molecule has 0 bridgehead atoms. The summed E-state index contributed by atoms with van der Waals surface area (Å²) in [6.07, 6.45) is 3.38. The third kappa shape index (κ3) is 4.02. The summed E-state index contributed by atoms with van der Waals surface area (Å²) in [6, 6.07) is 12.2. The molecule has 1 atom stereocenters. The van der Waals surface area contributed by atoms with Crippen molar-refractivity contribution in [3.63, 3.8) is 0 Å². The third-order valence-corrected chi connectivity index (χ3v) is 6.20. The van der Waals surface area contributed by atoms with E-state index in [9.17, 15) is 14.7 Å². The molecule has 2 aromatic carbocycles. The van der Waals surface area contributed by atoms with Gasteiger partial charge in [0, 0.05) is 31.8 Å². The normalized spacial score (nSPS) is 15.1. The van der Waals surface area contributed by atoms with E-state index in [1.807, 2.05) is 44.0 Å². The lowest BCUT2D eigenvalue weighted by Crippen LogP contribution is -2.30. The van der Waals surface area contributed by atoms with Crippen LogP contribution in [0.1, 0.15) is 53.7 Å². The van der Waals surface area contributed by atoms with Crippen LogP contribution in [0.25, 0.3) is 11.0 Å². The number of hydrogen-bond acceptors (Lipinski definition) is 5. The van der Waals surface area contributed by atoms with Crippen molar-refractivity contribution in [2.75, 3.05) is 29.9 Å². The van der Waals surface area contributed by atoms with Gasteiger partial charge in [0.15, 0.2) is 11.3 Å². The number of fused-ring (bicyclic) bond motifs is 1. The number of rotatable bonds is 5. The maximum Gasteiger partial charge on any atom is 0.337 e. The molecule has 31 heavy (non-hydrogen) atoms. The molecule has 4 rings (SSSR count). The molecule has 1 unspecified atom stereocenters. The Labute approximate surface area is 181 Å².